The first-order valence-electron chi connectivity index (χ1n) is 4.39. The molecule has 0 fully saturated rings. The molecule has 0 spiro atoms. The fraction of sp³-hybridized carbons (Fsp3) is 1.00. The fourth-order valence-electron chi connectivity index (χ4n) is 0.771. The van der Waals surface area contributed by atoms with Gasteiger partial charge in [-0.3, -0.25) is 0 Å². The second-order valence-electron chi connectivity index (χ2n) is 2.50. The molecule has 74 valence electrons. The van der Waals surface area contributed by atoms with Gasteiger partial charge in [-0.25, -0.2) is 0 Å². The van der Waals surface area contributed by atoms with Crippen LogP contribution in [0.4, 0.5) is 0 Å². The molecule has 0 aliphatic heterocycles. The molecular formula is C7H20N2O2Si. The van der Waals surface area contributed by atoms with Crippen LogP contribution in [-0.4, -0.2) is 49.7 Å². The minimum atomic E-state index is -0.320. The SMILES string of the molecule is COCCO[SiH2]CCNCCN. The normalized spacial score (nSPS) is 11.5. The third-order valence-corrected chi connectivity index (χ3v) is 2.61. The molecule has 0 aliphatic carbocycles. The molecule has 0 heterocycles. The van der Waals surface area contributed by atoms with E-state index in [4.69, 9.17) is 14.9 Å². The van der Waals surface area contributed by atoms with Gasteiger partial charge >= 0.3 is 0 Å². The van der Waals surface area contributed by atoms with Crippen molar-refractivity contribution in [2.45, 2.75) is 6.04 Å². The smallest absolute Gasteiger partial charge is 0.162 e. The highest BCUT2D eigenvalue weighted by molar-refractivity contribution is 6.27. The van der Waals surface area contributed by atoms with E-state index in [1.807, 2.05) is 0 Å². The lowest BCUT2D eigenvalue weighted by Gasteiger charge is -2.03. The van der Waals surface area contributed by atoms with Crippen molar-refractivity contribution in [3.63, 3.8) is 0 Å². The number of methoxy groups -OCH3 is 1. The zero-order valence-corrected chi connectivity index (χ0v) is 9.26. The van der Waals surface area contributed by atoms with Crippen LogP contribution in [0.1, 0.15) is 0 Å². The van der Waals surface area contributed by atoms with Gasteiger partial charge in [-0.05, 0) is 12.6 Å². The maximum Gasteiger partial charge on any atom is 0.162 e. The van der Waals surface area contributed by atoms with Crippen LogP contribution in [0, 0.1) is 0 Å². The maximum atomic E-state index is 5.40. The summed E-state index contributed by atoms with van der Waals surface area (Å²) in [6, 6.07) is 1.17. The zero-order chi connectivity index (χ0) is 9.07. The molecule has 0 unspecified atom stereocenters. The van der Waals surface area contributed by atoms with Crippen LogP contribution in [0.15, 0.2) is 0 Å². The van der Waals surface area contributed by atoms with Crippen LogP contribution >= 0.6 is 0 Å². The molecule has 0 rings (SSSR count). The lowest BCUT2D eigenvalue weighted by Crippen LogP contribution is -2.24. The number of hydrogen-bond acceptors (Lipinski definition) is 4. The summed E-state index contributed by atoms with van der Waals surface area (Å²) in [7, 11) is 1.37. The maximum absolute atomic E-state index is 5.40. The number of nitrogens with one attached hydrogen (secondary N) is 1. The zero-order valence-electron chi connectivity index (χ0n) is 7.84. The van der Waals surface area contributed by atoms with E-state index in [9.17, 15) is 0 Å². The Morgan fingerprint density at radius 3 is 2.83 bits per heavy atom. The van der Waals surface area contributed by atoms with E-state index in [0.29, 0.717) is 13.2 Å². The molecule has 0 aromatic rings. The number of rotatable bonds is 9. The summed E-state index contributed by atoms with van der Waals surface area (Å²) in [6.45, 7) is 4.12. The summed E-state index contributed by atoms with van der Waals surface area (Å²) in [4.78, 5) is 0. The van der Waals surface area contributed by atoms with Crippen LogP contribution in [-0.2, 0) is 9.16 Å². The molecule has 4 nitrogen and oxygen atoms in total. The van der Waals surface area contributed by atoms with Gasteiger partial charge in [-0.15, -0.1) is 0 Å². The predicted molar refractivity (Wildman–Crippen MR) is 53.1 cm³/mol. The molecular weight excluding hydrogens is 172 g/mol. The van der Waals surface area contributed by atoms with Gasteiger partial charge in [0.2, 0.25) is 0 Å². The quantitative estimate of drug-likeness (QED) is 0.352. The van der Waals surface area contributed by atoms with Gasteiger partial charge < -0.3 is 20.2 Å². The van der Waals surface area contributed by atoms with Gasteiger partial charge in [0.05, 0.1) is 13.2 Å². The van der Waals surface area contributed by atoms with Crippen molar-refractivity contribution in [2.24, 2.45) is 5.73 Å². The van der Waals surface area contributed by atoms with Crippen LogP contribution in [0.2, 0.25) is 6.04 Å². The highest BCUT2D eigenvalue weighted by atomic mass is 28.2. The van der Waals surface area contributed by atoms with E-state index in [0.717, 1.165) is 19.7 Å². The molecule has 0 radical (unpaired) electrons. The average molecular weight is 192 g/mol. The van der Waals surface area contributed by atoms with Gasteiger partial charge in [-0.1, -0.05) is 0 Å². The summed E-state index contributed by atoms with van der Waals surface area (Å²) in [5.74, 6) is 0. The first kappa shape index (κ1) is 12.1. The second kappa shape index (κ2) is 11.1. The molecule has 0 saturated carbocycles. The van der Waals surface area contributed by atoms with Gasteiger partial charge in [-0.2, -0.15) is 0 Å². The molecule has 0 saturated heterocycles. The topological polar surface area (TPSA) is 56.5 Å². The van der Waals surface area contributed by atoms with E-state index in [1.165, 1.54) is 6.04 Å². The molecule has 0 aromatic carbocycles. The van der Waals surface area contributed by atoms with Crippen LogP contribution in [0.3, 0.4) is 0 Å². The Kier molecular flexibility index (Phi) is 11.1. The van der Waals surface area contributed by atoms with E-state index < -0.39 is 0 Å². The first-order chi connectivity index (χ1) is 5.91. The Morgan fingerprint density at radius 1 is 1.33 bits per heavy atom. The minimum Gasteiger partial charge on any atom is -0.422 e. The Morgan fingerprint density at radius 2 is 2.17 bits per heavy atom. The molecule has 0 atom stereocenters. The largest absolute Gasteiger partial charge is 0.422 e. The first-order valence-corrected chi connectivity index (χ1v) is 5.97. The van der Waals surface area contributed by atoms with Crippen LogP contribution in [0.5, 0.6) is 0 Å². The standard InChI is InChI=1S/C7H20N2O2Si/c1-10-5-6-11-12-7-4-9-3-2-8/h9H,2-8,12H2,1H3. The van der Waals surface area contributed by atoms with Crippen molar-refractivity contribution in [1.82, 2.24) is 5.32 Å². The molecule has 12 heavy (non-hydrogen) atoms. The number of nitrogens with two attached hydrogens (primary N) is 1. The van der Waals surface area contributed by atoms with E-state index in [-0.39, 0.29) is 9.76 Å². The Balaban J connectivity index is 2.73. The second-order valence-corrected chi connectivity index (χ2v) is 4.02. The lowest BCUT2D eigenvalue weighted by molar-refractivity contribution is 0.149. The fourth-order valence-corrected chi connectivity index (χ4v) is 1.69. The third kappa shape index (κ3) is 10.1. The molecule has 5 heteroatoms. The molecule has 3 N–H and O–H groups in total. The van der Waals surface area contributed by atoms with Crippen LogP contribution in [0.25, 0.3) is 0 Å². The highest BCUT2D eigenvalue weighted by Crippen LogP contribution is 1.79. The summed E-state index contributed by atoms with van der Waals surface area (Å²) < 4.78 is 10.2. The monoisotopic (exact) mass is 192 g/mol. The van der Waals surface area contributed by atoms with Crippen molar-refractivity contribution < 1.29 is 9.16 Å². The number of hydrogen-bond donors (Lipinski definition) is 2. The van der Waals surface area contributed by atoms with Crippen LogP contribution < -0.4 is 11.1 Å². The lowest BCUT2D eigenvalue weighted by atomic mass is 10.6. The minimum absolute atomic E-state index is 0.320. The summed E-state index contributed by atoms with van der Waals surface area (Å²) in [6.07, 6.45) is 0. The van der Waals surface area contributed by atoms with E-state index >= 15 is 0 Å². The van der Waals surface area contributed by atoms with Crippen molar-refractivity contribution in [3.05, 3.63) is 0 Å². The molecule has 0 bridgehead atoms. The van der Waals surface area contributed by atoms with Gasteiger partial charge in [0.25, 0.3) is 0 Å². The Labute approximate surface area is 76.7 Å². The highest BCUT2D eigenvalue weighted by Gasteiger charge is 1.89. The average Bonchev–Trinajstić information content (AvgIpc) is 2.10. The Bertz CT molecular complexity index is 75.8. The molecule has 0 aliphatic rings. The summed E-state index contributed by atoms with van der Waals surface area (Å²) in [5.41, 5.74) is 5.31. The van der Waals surface area contributed by atoms with Gasteiger partial charge in [0.15, 0.2) is 9.76 Å². The van der Waals surface area contributed by atoms with Gasteiger partial charge in [0.1, 0.15) is 0 Å². The molecule has 0 amide bonds. The summed E-state index contributed by atoms with van der Waals surface area (Å²) in [5, 5.41) is 3.22. The molecule has 0 aromatic heterocycles. The van der Waals surface area contributed by atoms with Crippen molar-refractivity contribution in [3.8, 4) is 0 Å². The van der Waals surface area contributed by atoms with Gasteiger partial charge in [0, 0.05) is 20.2 Å². The van der Waals surface area contributed by atoms with Crippen molar-refractivity contribution >= 4 is 9.76 Å². The van der Waals surface area contributed by atoms with E-state index in [2.05, 4.69) is 5.32 Å². The Hall–Kier alpha value is 0.0569. The predicted octanol–water partition coefficient (Wildman–Crippen LogP) is -1.30. The van der Waals surface area contributed by atoms with E-state index in [1.54, 1.807) is 7.11 Å². The third-order valence-electron chi connectivity index (χ3n) is 1.40. The van der Waals surface area contributed by atoms with Crippen molar-refractivity contribution in [2.75, 3.05) is 40.0 Å². The summed E-state index contributed by atoms with van der Waals surface area (Å²) >= 11 is 0. The number of ether oxygens (including phenoxy) is 1. The van der Waals surface area contributed by atoms with Crippen molar-refractivity contribution in [1.29, 1.82) is 0 Å².